The van der Waals surface area contributed by atoms with Crippen LogP contribution in [0.3, 0.4) is 0 Å². The summed E-state index contributed by atoms with van der Waals surface area (Å²) in [5.41, 5.74) is -10.7. The Kier molecular flexibility index (Phi) is 33.4. The van der Waals surface area contributed by atoms with E-state index in [4.69, 9.17) is 103 Å². The molecule has 10 rings (SSSR count). The number of benzene rings is 10. The highest BCUT2D eigenvalue weighted by Gasteiger charge is 2.51. The van der Waals surface area contributed by atoms with Gasteiger partial charge in [-0.05, 0) is 72.8 Å². The molecule has 0 fully saturated rings. The second-order valence-corrected chi connectivity index (χ2v) is 26.6. The highest BCUT2D eigenvalue weighted by molar-refractivity contribution is 7.97. The van der Waals surface area contributed by atoms with Crippen LogP contribution in [0.1, 0.15) is 0 Å². The van der Waals surface area contributed by atoms with Gasteiger partial charge in [0.15, 0.2) is 87.1 Å². The van der Waals surface area contributed by atoms with E-state index in [2.05, 4.69) is 18.2 Å². The van der Waals surface area contributed by atoms with Gasteiger partial charge in [-0.2, -0.15) is 0 Å². The number of para-hydroxylation sites is 6. The van der Waals surface area contributed by atoms with Gasteiger partial charge in [-0.15, -0.1) is 21.9 Å². The van der Waals surface area contributed by atoms with Crippen molar-refractivity contribution in [2.45, 2.75) is 14.7 Å². The number of rotatable bonds is 40. The first-order chi connectivity index (χ1) is 54.1. The van der Waals surface area contributed by atoms with Crippen molar-refractivity contribution in [1.82, 2.24) is 0 Å². The molecular weight excluding hydrogens is 1620 g/mol. The van der Waals surface area contributed by atoms with Crippen LogP contribution in [-0.2, 0) is 39.3 Å². The van der Waals surface area contributed by atoms with Gasteiger partial charge in [0, 0.05) is 20.1 Å². The Bertz CT molecular complexity index is 4130. The fourth-order valence-corrected chi connectivity index (χ4v) is 14.9. The molecule has 0 unspecified atom stereocenters. The number of hydrogen-bond donors (Lipinski definition) is 0. The van der Waals surface area contributed by atoms with E-state index in [0.29, 0.717) is 119 Å². The predicted octanol–water partition coefficient (Wildman–Crippen LogP) is 17.2. The van der Waals surface area contributed by atoms with Gasteiger partial charge in [0.1, 0.15) is 97.2 Å². The van der Waals surface area contributed by atoms with Crippen molar-refractivity contribution in [3.05, 3.63) is 277 Å². The molecule has 0 spiro atoms. The van der Waals surface area contributed by atoms with E-state index < -0.39 is 152 Å². The Labute approximate surface area is 653 Å². The van der Waals surface area contributed by atoms with Crippen LogP contribution in [0.25, 0.3) is 0 Å². The van der Waals surface area contributed by atoms with Gasteiger partial charge in [-0.1, -0.05) is 137 Å². The molecule has 10 aromatic rings. The highest BCUT2D eigenvalue weighted by atomic mass is 35.5. The minimum Gasteiger partial charge on any atom is -0.491 e. The summed E-state index contributed by atoms with van der Waals surface area (Å²) in [4.78, 5) is 2.93. The van der Waals surface area contributed by atoms with Crippen molar-refractivity contribution in [1.29, 1.82) is 0 Å². The van der Waals surface area contributed by atoms with Crippen LogP contribution in [0.2, 0.25) is 20.1 Å². The van der Waals surface area contributed by atoms with Crippen LogP contribution in [0.15, 0.2) is 178 Å². The molecule has 10 aromatic carbocycles. The Morgan fingerprint density at radius 2 is 0.384 bits per heavy atom. The molecule has 0 aromatic heterocycles. The van der Waals surface area contributed by atoms with Crippen molar-refractivity contribution >= 4 is 85.3 Å². The average Bonchev–Trinajstić information content (AvgIpc) is 0.680. The van der Waals surface area contributed by atoms with Gasteiger partial charge < -0.3 is 56.8 Å². The molecule has 0 saturated heterocycles. The summed E-state index contributed by atoms with van der Waals surface area (Å²) in [6.45, 7) is 7.77. The third kappa shape index (κ3) is 21.2. The molecule has 0 N–H and O–H groups in total. The van der Waals surface area contributed by atoms with E-state index in [1.807, 2.05) is 146 Å². The van der Waals surface area contributed by atoms with Gasteiger partial charge >= 0.3 is 0 Å². The first kappa shape index (κ1) is 87.2. The van der Waals surface area contributed by atoms with E-state index in [1.54, 1.807) is 0 Å². The van der Waals surface area contributed by atoms with Crippen molar-refractivity contribution in [3.63, 3.8) is 0 Å². The second kappa shape index (κ2) is 42.9. The van der Waals surface area contributed by atoms with Crippen LogP contribution in [0.5, 0.6) is 34.5 Å². The van der Waals surface area contributed by atoms with Crippen LogP contribution in [0, 0.1) is 93.1 Å². The first-order valence-corrected chi connectivity index (χ1v) is 36.4. The van der Waals surface area contributed by atoms with E-state index >= 15 is 17.6 Å². The third-order valence-electron chi connectivity index (χ3n) is 16.2. The monoisotopic (exact) mass is 1680 g/mol. The molecule has 112 heavy (non-hydrogen) atoms. The molecule has 0 amide bonds. The SMILES string of the molecule is Fc1c(F)c(F)c([B-](c2c(F)c(F)c(F)c(F)c2Cl)(c2c(F)c(F)c(F)c(F)c2Cl)c2c(F)c(F)c(F)c(F)c2Cl)c(Cl)c1F.c1ccc(OCCOCCOCCOc2ccccc2[S+](c2ccccc2OCCOCCOCCOc2ccccc2)c2ccccc2OCCOCCOCCOc2ccccc2)cc1. The molecule has 0 radical (unpaired) electrons. The summed E-state index contributed by atoms with van der Waals surface area (Å²) in [6.07, 6.45) is -6.24. The van der Waals surface area contributed by atoms with Gasteiger partial charge in [-0.3, -0.25) is 0 Å². The second-order valence-electron chi connectivity index (χ2n) is 23.2. The van der Waals surface area contributed by atoms with Crippen LogP contribution in [-0.4, -0.2) is 125 Å². The zero-order valence-electron chi connectivity index (χ0n) is 58.3. The summed E-state index contributed by atoms with van der Waals surface area (Å²) in [6, 6.07) is 53.4. The molecule has 0 aliphatic heterocycles. The maximum absolute atomic E-state index is 15.8. The maximum atomic E-state index is 15.8. The molecular formula is C78H63BCl4F16O12S. The van der Waals surface area contributed by atoms with E-state index in [-0.39, 0.29) is 0 Å². The lowest BCUT2D eigenvalue weighted by Crippen LogP contribution is -2.79. The van der Waals surface area contributed by atoms with Gasteiger partial charge in [0.2, 0.25) is 14.7 Å². The highest BCUT2D eigenvalue weighted by Crippen LogP contribution is 2.44. The lowest BCUT2D eigenvalue weighted by Gasteiger charge is -2.46. The Hall–Kier alpha value is -8.79. The first-order valence-electron chi connectivity index (χ1n) is 33.7. The summed E-state index contributed by atoms with van der Waals surface area (Å²) >= 11 is 22.3. The van der Waals surface area contributed by atoms with Crippen molar-refractivity contribution < 1.29 is 127 Å². The number of ether oxygens (including phenoxy) is 12. The molecule has 12 nitrogen and oxygen atoms in total. The van der Waals surface area contributed by atoms with Gasteiger partial charge in [0.05, 0.1) is 79.3 Å². The fraction of sp³-hybridized carbons (Fsp3) is 0.231. The predicted molar refractivity (Wildman–Crippen MR) is 388 cm³/mol. The lowest BCUT2D eigenvalue weighted by atomic mass is 9.12. The standard InChI is InChI=1S/C54H63O12S.C24BCl4F16/c1-4-16-46(17-5-1)61-40-34-55-28-31-58-37-43-64-49-22-10-13-25-52(49)67(53-26-14-11-23-50(53)65-44-38-59-32-29-56-35-41-62-47-18-6-2-7-19-47)54-27-15-12-24-51(54)66-45-39-60-33-30-57-36-42-63-48-20-8-3-9-21-48;26-5-1(9(30)17(38)21(42)13(5)34)25(2-6(27)14(35)22(43)18(39)10(2)31,3-7(28)15(36)23(44)19(40)11(3)32)4-8(29)16(37)24(45)20(41)12(4)33/h1-27H,28-45H2;/q+1;-1. The minimum atomic E-state index is -6.24. The topological polar surface area (TPSA) is 111 Å². The number of hydrogen-bond acceptors (Lipinski definition) is 12. The molecule has 0 saturated carbocycles. The Morgan fingerprint density at radius 3 is 0.607 bits per heavy atom. The van der Waals surface area contributed by atoms with Crippen molar-refractivity contribution in [3.8, 4) is 34.5 Å². The third-order valence-corrected chi connectivity index (χ3v) is 20.0. The molecule has 34 heteroatoms. The van der Waals surface area contributed by atoms with Crippen LogP contribution >= 0.6 is 46.4 Å². The Morgan fingerprint density at radius 1 is 0.205 bits per heavy atom. The van der Waals surface area contributed by atoms with E-state index in [9.17, 15) is 52.7 Å². The average molecular weight is 1680 g/mol. The van der Waals surface area contributed by atoms with E-state index in [1.165, 1.54) is 0 Å². The molecule has 0 heterocycles. The zero-order chi connectivity index (χ0) is 80.4. The minimum absolute atomic E-state index is 0.351. The summed E-state index contributed by atoms with van der Waals surface area (Å²) in [5.74, 6) is -43.6. The van der Waals surface area contributed by atoms with Crippen LogP contribution in [0.4, 0.5) is 70.2 Å². The fourth-order valence-electron chi connectivity index (χ4n) is 11.2. The molecule has 596 valence electrons. The van der Waals surface area contributed by atoms with Gasteiger partial charge in [-0.25, -0.2) is 70.2 Å². The summed E-state index contributed by atoms with van der Waals surface area (Å²) in [7, 11) is -0.725. The number of halogens is 20. The summed E-state index contributed by atoms with van der Waals surface area (Å²) in [5, 5.41) is -9.69. The van der Waals surface area contributed by atoms with Crippen molar-refractivity contribution in [2.75, 3.05) is 119 Å². The Balaban J connectivity index is 0.000000278. The van der Waals surface area contributed by atoms with Crippen molar-refractivity contribution in [2.24, 2.45) is 0 Å². The van der Waals surface area contributed by atoms with Gasteiger partial charge in [0.25, 0.3) is 0 Å². The largest absolute Gasteiger partial charge is 0.491 e. The zero-order valence-corrected chi connectivity index (χ0v) is 62.1. The maximum Gasteiger partial charge on any atom is 0.208 e. The van der Waals surface area contributed by atoms with E-state index in [0.717, 1.165) is 49.2 Å². The quantitative estimate of drug-likeness (QED) is 0.00910. The molecule has 0 aliphatic carbocycles. The normalized spacial score (nSPS) is 11.4. The molecule has 0 atom stereocenters. The molecule has 0 aliphatic rings. The molecule has 0 bridgehead atoms. The van der Waals surface area contributed by atoms with Crippen LogP contribution < -0.4 is 50.3 Å². The smallest absolute Gasteiger partial charge is 0.208 e. The lowest BCUT2D eigenvalue weighted by molar-refractivity contribution is 0.0270. The summed E-state index contributed by atoms with van der Waals surface area (Å²) < 4.78 is 309.